The Hall–Kier alpha value is -1.56. The summed E-state index contributed by atoms with van der Waals surface area (Å²) >= 11 is 1.19. The van der Waals surface area contributed by atoms with Gasteiger partial charge in [0.25, 0.3) is 11.8 Å². The molecule has 0 fully saturated rings. The zero-order valence-corrected chi connectivity index (χ0v) is 12.7. The molecule has 0 unspecified atom stereocenters. The van der Waals surface area contributed by atoms with Crippen LogP contribution in [0.1, 0.15) is 46.4 Å². The minimum atomic E-state index is -0.215. The van der Waals surface area contributed by atoms with E-state index in [-0.39, 0.29) is 11.8 Å². The van der Waals surface area contributed by atoms with E-state index < -0.39 is 0 Å². The molecule has 0 bridgehead atoms. The van der Waals surface area contributed by atoms with Gasteiger partial charge >= 0.3 is 0 Å². The molecule has 0 aliphatic carbocycles. The predicted octanol–water partition coefficient (Wildman–Crippen LogP) is 1.87. The van der Waals surface area contributed by atoms with Crippen LogP contribution >= 0.6 is 11.3 Å². The lowest BCUT2D eigenvalue weighted by molar-refractivity contribution is 0.0777. The second-order valence-electron chi connectivity index (χ2n) is 4.13. The topological polar surface area (TPSA) is 75.4 Å². The van der Waals surface area contributed by atoms with Crippen molar-refractivity contribution in [1.82, 2.24) is 10.2 Å². The Balaban J connectivity index is 3.15. The maximum absolute atomic E-state index is 12.3. The molecule has 0 aliphatic heterocycles. The van der Waals surface area contributed by atoms with Gasteiger partial charge in [-0.3, -0.25) is 9.59 Å². The van der Waals surface area contributed by atoms with E-state index >= 15 is 0 Å². The molecule has 0 saturated carbocycles. The zero-order valence-electron chi connectivity index (χ0n) is 11.9. The van der Waals surface area contributed by atoms with Gasteiger partial charge in [-0.15, -0.1) is 11.3 Å². The molecule has 0 aromatic carbocycles. The predicted molar refractivity (Wildman–Crippen MR) is 78.7 cm³/mol. The summed E-state index contributed by atoms with van der Waals surface area (Å²) in [4.78, 5) is 26.5. The van der Waals surface area contributed by atoms with Crippen LogP contribution in [0.5, 0.6) is 0 Å². The number of thiophene rings is 1. The van der Waals surface area contributed by atoms with Crippen molar-refractivity contribution in [3.8, 4) is 0 Å². The van der Waals surface area contributed by atoms with Crippen LogP contribution in [0.4, 0.5) is 5.00 Å². The Bertz CT molecular complexity index is 478. The van der Waals surface area contributed by atoms with Gasteiger partial charge in [-0.25, -0.2) is 0 Å². The number of rotatable bonds is 5. The lowest BCUT2D eigenvalue weighted by Gasteiger charge is -2.18. The van der Waals surface area contributed by atoms with Crippen LogP contribution in [0.15, 0.2) is 0 Å². The van der Waals surface area contributed by atoms with E-state index in [1.165, 1.54) is 11.3 Å². The molecule has 1 rings (SSSR count). The third kappa shape index (κ3) is 3.07. The maximum atomic E-state index is 12.3. The highest BCUT2D eigenvalue weighted by atomic mass is 32.1. The number of nitrogens with one attached hydrogen (secondary N) is 1. The average Bonchev–Trinajstić information content (AvgIpc) is 2.66. The zero-order chi connectivity index (χ0) is 14.6. The van der Waals surface area contributed by atoms with E-state index in [9.17, 15) is 9.59 Å². The Morgan fingerprint density at radius 2 is 1.84 bits per heavy atom. The molecule has 1 aromatic heterocycles. The summed E-state index contributed by atoms with van der Waals surface area (Å²) in [7, 11) is 0. The number of nitrogen functional groups attached to an aromatic ring is 1. The number of amides is 2. The molecule has 5 nitrogen and oxygen atoms in total. The van der Waals surface area contributed by atoms with E-state index in [0.29, 0.717) is 40.6 Å². The molecule has 1 heterocycles. The summed E-state index contributed by atoms with van der Waals surface area (Å²) in [6, 6.07) is 0. The van der Waals surface area contributed by atoms with Gasteiger partial charge in [0, 0.05) is 19.6 Å². The fourth-order valence-corrected chi connectivity index (χ4v) is 2.96. The molecule has 3 N–H and O–H groups in total. The van der Waals surface area contributed by atoms with E-state index in [4.69, 9.17) is 5.73 Å². The molecule has 2 amide bonds. The number of nitrogens with zero attached hydrogens (tertiary/aromatic N) is 1. The number of hydrogen-bond donors (Lipinski definition) is 2. The summed E-state index contributed by atoms with van der Waals surface area (Å²) in [5.41, 5.74) is 6.99. The molecule has 6 heteroatoms. The van der Waals surface area contributed by atoms with Crippen molar-refractivity contribution in [2.75, 3.05) is 25.4 Å². The largest absolute Gasteiger partial charge is 0.390 e. The van der Waals surface area contributed by atoms with Crippen molar-refractivity contribution in [3.05, 3.63) is 16.0 Å². The third-order valence-electron chi connectivity index (χ3n) is 2.98. The quantitative estimate of drug-likeness (QED) is 0.866. The second-order valence-corrected chi connectivity index (χ2v) is 5.18. The number of hydrogen-bond acceptors (Lipinski definition) is 4. The summed E-state index contributed by atoms with van der Waals surface area (Å²) in [6.45, 7) is 9.29. The molecule has 19 heavy (non-hydrogen) atoms. The van der Waals surface area contributed by atoms with Crippen molar-refractivity contribution in [2.24, 2.45) is 0 Å². The van der Waals surface area contributed by atoms with Crippen molar-refractivity contribution < 1.29 is 9.59 Å². The SMILES string of the molecule is CCNC(=O)c1c(N)sc(C(=O)N(CC)CC)c1C. The van der Waals surface area contributed by atoms with Crippen LogP contribution in [-0.2, 0) is 0 Å². The lowest BCUT2D eigenvalue weighted by Crippen LogP contribution is -2.30. The van der Waals surface area contributed by atoms with Gasteiger partial charge in [-0.1, -0.05) is 0 Å². The summed E-state index contributed by atoms with van der Waals surface area (Å²) < 4.78 is 0. The van der Waals surface area contributed by atoms with Crippen molar-refractivity contribution in [2.45, 2.75) is 27.7 Å². The smallest absolute Gasteiger partial charge is 0.264 e. The summed E-state index contributed by atoms with van der Waals surface area (Å²) in [6.07, 6.45) is 0. The van der Waals surface area contributed by atoms with Gasteiger partial charge in [0.05, 0.1) is 15.4 Å². The van der Waals surface area contributed by atoms with Crippen LogP contribution in [0, 0.1) is 6.92 Å². The molecular formula is C13H21N3O2S. The highest BCUT2D eigenvalue weighted by Gasteiger charge is 2.24. The van der Waals surface area contributed by atoms with Crippen molar-refractivity contribution in [1.29, 1.82) is 0 Å². The highest BCUT2D eigenvalue weighted by Crippen LogP contribution is 2.31. The Morgan fingerprint density at radius 1 is 1.26 bits per heavy atom. The van der Waals surface area contributed by atoms with Gasteiger partial charge in [0.1, 0.15) is 0 Å². The minimum Gasteiger partial charge on any atom is -0.390 e. The van der Waals surface area contributed by atoms with E-state index in [1.54, 1.807) is 11.8 Å². The van der Waals surface area contributed by atoms with Crippen LogP contribution in [0.2, 0.25) is 0 Å². The van der Waals surface area contributed by atoms with Crippen molar-refractivity contribution >= 4 is 28.2 Å². The second kappa shape index (κ2) is 6.56. The van der Waals surface area contributed by atoms with Crippen LogP contribution in [0.25, 0.3) is 0 Å². The molecule has 106 valence electrons. The van der Waals surface area contributed by atoms with E-state index in [2.05, 4.69) is 5.32 Å². The molecule has 0 aliphatic rings. The average molecular weight is 283 g/mol. The van der Waals surface area contributed by atoms with Crippen molar-refractivity contribution in [3.63, 3.8) is 0 Å². The summed E-state index contributed by atoms with van der Waals surface area (Å²) in [5.74, 6) is -0.276. The Labute approximate surface area is 117 Å². The molecule has 1 aromatic rings. The first kappa shape index (κ1) is 15.5. The van der Waals surface area contributed by atoms with Crippen LogP contribution in [0.3, 0.4) is 0 Å². The number of nitrogens with two attached hydrogens (primary N) is 1. The van der Waals surface area contributed by atoms with Gasteiger partial charge in [-0.05, 0) is 33.3 Å². The van der Waals surface area contributed by atoms with Gasteiger partial charge < -0.3 is 16.0 Å². The first-order valence-corrected chi connectivity index (χ1v) is 7.25. The molecule has 0 radical (unpaired) electrons. The minimum absolute atomic E-state index is 0.0604. The standard InChI is InChI=1S/C13H21N3O2S/c1-5-15-12(17)9-8(4)10(19-11(9)14)13(18)16(6-2)7-3/h5-7,14H2,1-4H3,(H,15,17). The molecule has 0 spiro atoms. The first-order valence-electron chi connectivity index (χ1n) is 6.44. The van der Waals surface area contributed by atoms with Gasteiger partial charge in [0.15, 0.2) is 0 Å². The number of carbonyl (C=O) groups excluding carboxylic acids is 2. The molecule has 0 atom stereocenters. The monoisotopic (exact) mass is 283 g/mol. The first-order chi connectivity index (χ1) is 8.97. The fourth-order valence-electron chi connectivity index (χ4n) is 1.93. The van der Waals surface area contributed by atoms with E-state index in [0.717, 1.165) is 0 Å². The number of anilines is 1. The van der Waals surface area contributed by atoms with Crippen LogP contribution in [-0.4, -0.2) is 36.3 Å². The normalized spacial score (nSPS) is 10.3. The summed E-state index contributed by atoms with van der Waals surface area (Å²) in [5, 5.41) is 3.12. The van der Waals surface area contributed by atoms with Gasteiger partial charge in [-0.2, -0.15) is 0 Å². The fraction of sp³-hybridized carbons (Fsp3) is 0.538. The lowest BCUT2D eigenvalue weighted by atomic mass is 10.1. The Kier molecular flexibility index (Phi) is 5.35. The third-order valence-corrected chi connectivity index (χ3v) is 4.09. The molecular weight excluding hydrogens is 262 g/mol. The van der Waals surface area contributed by atoms with Gasteiger partial charge in [0.2, 0.25) is 0 Å². The van der Waals surface area contributed by atoms with Crippen LogP contribution < -0.4 is 11.1 Å². The highest BCUT2D eigenvalue weighted by molar-refractivity contribution is 7.18. The molecule has 0 saturated heterocycles. The van der Waals surface area contributed by atoms with E-state index in [1.807, 2.05) is 20.8 Å². The maximum Gasteiger partial charge on any atom is 0.264 e. The Morgan fingerprint density at radius 3 is 2.32 bits per heavy atom. The number of carbonyl (C=O) groups is 2.